The van der Waals surface area contributed by atoms with E-state index >= 15 is 0 Å². The van der Waals surface area contributed by atoms with Crippen molar-refractivity contribution in [1.29, 1.82) is 0 Å². The second kappa shape index (κ2) is 5.57. The maximum absolute atomic E-state index is 11.6. The van der Waals surface area contributed by atoms with Crippen LogP contribution >= 0.6 is 0 Å². The fraction of sp³-hybridized carbons (Fsp3) is 0.333. The van der Waals surface area contributed by atoms with E-state index in [1.54, 1.807) is 0 Å². The Balaban J connectivity index is 2.51. The second-order valence-electron chi connectivity index (χ2n) is 3.08. The van der Waals surface area contributed by atoms with Gasteiger partial charge in [-0.2, -0.15) is 0 Å². The lowest BCUT2D eigenvalue weighted by Gasteiger charge is -2.04. The average molecular weight is 244 g/mol. The first-order valence-corrected chi connectivity index (χ1v) is 6.12. The first-order chi connectivity index (χ1) is 7.52. The van der Waals surface area contributed by atoms with Gasteiger partial charge in [-0.1, -0.05) is 0 Å². The summed E-state index contributed by atoms with van der Waals surface area (Å²) >= 11 is 0. The molecule has 0 unspecified atom stereocenters. The van der Waals surface area contributed by atoms with Gasteiger partial charge in [0.2, 0.25) is 10.0 Å². The van der Waals surface area contributed by atoms with Gasteiger partial charge in [0.1, 0.15) is 4.90 Å². The monoisotopic (exact) mass is 244 g/mol. The molecule has 0 amide bonds. The smallest absolute Gasteiger partial charge is 0.303 e. The van der Waals surface area contributed by atoms with Gasteiger partial charge in [0, 0.05) is 25.4 Å². The van der Waals surface area contributed by atoms with E-state index in [1.165, 1.54) is 24.5 Å². The molecule has 0 aromatic carbocycles. The van der Waals surface area contributed by atoms with E-state index in [1.807, 2.05) is 0 Å². The summed E-state index contributed by atoms with van der Waals surface area (Å²) < 4.78 is 25.5. The molecule has 6 nitrogen and oxygen atoms in total. The van der Waals surface area contributed by atoms with Crippen molar-refractivity contribution >= 4 is 16.0 Å². The molecular formula is C9H12N2O4S. The quantitative estimate of drug-likeness (QED) is 0.698. The van der Waals surface area contributed by atoms with Crippen molar-refractivity contribution in [3.05, 3.63) is 24.5 Å². The Hall–Kier alpha value is -1.47. The van der Waals surface area contributed by atoms with Crippen LogP contribution in [-0.4, -0.2) is 31.0 Å². The molecule has 0 radical (unpaired) electrons. The molecule has 0 atom stereocenters. The maximum atomic E-state index is 11.6. The summed E-state index contributed by atoms with van der Waals surface area (Å²) in [5, 5.41) is 8.37. The summed E-state index contributed by atoms with van der Waals surface area (Å²) in [5.41, 5.74) is 0. The van der Waals surface area contributed by atoms with Crippen molar-refractivity contribution < 1.29 is 18.3 Å². The number of hydrogen-bond donors (Lipinski definition) is 2. The van der Waals surface area contributed by atoms with Crippen molar-refractivity contribution in [1.82, 2.24) is 9.71 Å². The Labute approximate surface area is 93.4 Å². The molecule has 0 fully saturated rings. The number of carboxylic acids is 1. The molecule has 1 aromatic rings. The van der Waals surface area contributed by atoms with Crippen LogP contribution < -0.4 is 4.72 Å². The molecule has 0 bridgehead atoms. The Kier molecular flexibility index (Phi) is 4.39. The van der Waals surface area contributed by atoms with Crippen LogP contribution in [0.2, 0.25) is 0 Å². The van der Waals surface area contributed by atoms with E-state index in [9.17, 15) is 13.2 Å². The third kappa shape index (κ3) is 3.95. The van der Waals surface area contributed by atoms with Gasteiger partial charge in [-0.3, -0.25) is 9.78 Å². The van der Waals surface area contributed by atoms with Gasteiger partial charge in [-0.25, -0.2) is 13.1 Å². The number of nitrogens with zero attached hydrogens (tertiary/aromatic N) is 1. The van der Waals surface area contributed by atoms with Crippen LogP contribution in [0, 0.1) is 0 Å². The molecule has 0 saturated heterocycles. The molecular weight excluding hydrogens is 232 g/mol. The summed E-state index contributed by atoms with van der Waals surface area (Å²) in [6.07, 6.45) is 2.91. The zero-order chi connectivity index (χ0) is 12.0. The third-order valence-electron chi connectivity index (χ3n) is 1.80. The van der Waals surface area contributed by atoms with Gasteiger partial charge in [0.05, 0.1) is 0 Å². The second-order valence-corrected chi connectivity index (χ2v) is 4.85. The Morgan fingerprint density at radius 1 is 1.50 bits per heavy atom. The Bertz CT molecular complexity index is 444. The van der Waals surface area contributed by atoms with Gasteiger partial charge < -0.3 is 5.11 Å². The molecule has 2 N–H and O–H groups in total. The fourth-order valence-electron chi connectivity index (χ4n) is 1.04. The first kappa shape index (κ1) is 12.6. The highest BCUT2D eigenvalue weighted by Crippen LogP contribution is 2.05. The van der Waals surface area contributed by atoms with Crippen LogP contribution in [0.25, 0.3) is 0 Å². The minimum Gasteiger partial charge on any atom is -0.481 e. The lowest BCUT2D eigenvalue weighted by Crippen LogP contribution is -2.25. The number of hydrogen-bond acceptors (Lipinski definition) is 4. The number of pyridine rings is 1. The largest absolute Gasteiger partial charge is 0.481 e. The van der Waals surface area contributed by atoms with Gasteiger partial charge in [-0.15, -0.1) is 0 Å². The Morgan fingerprint density at radius 3 is 2.81 bits per heavy atom. The SMILES string of the molecule is O=C(O)CCCNS(=O)(=O)c1cccnc1. The number of aromatic nitrogens is 1. The fourth-order valence-corrected chi connectivity index (χ4v) is 2.07. The normalized spacial score (nSPS) is 11.2. The van der Waals surface area contributed by atoms with E-state index in [0.29, 0.717) is 0 Å². The predicted molar refractivity (Wildman–Crippen MR) is 56.3 cm³/mol. The minimum absolute atomic E-state index is 0.0600. The van der Waals surface area contributed by atoms with Gasteiger partial charge in [-0.05, 0) is 18.6 Å². The molecule has 1 heterocycles. The van der Waals surface area contributed by atoms with E-state index < -0.39 is 16.0 Å². The minimum atomic E-state index is -3.56. The molecule has 0 aliphatic rings. The lowest BCUT2D eigenvalue weighted by atomic mass is 10.3. The third-order valence-corrected chi connectivity index (χ3v) is 3.25. The van der Waals surface area contributed by atoms with Crippen LogP contribution in [0.15, 0.2) is 29.4 Å². The summed E-state index contributed by atoms with van der Waals surface area (Å²) in [4.78, 5) is 14.0. The number of sulfonamides is 1. The van der Waals surface area contributed by atoms with Crippen LogP contribution in [0.1, 0.15) is 12.8 Å². The van der Waals surface area contributed by atoms with Gasteiger partial charge >= 0.3 is 5.97 Å². The topological polar surface area (TPSA) is 96.4 Å². The molecule has 0 aliphatic carbocycles. The number of carboxylic acid groups (broad SMARTS) is 1. The number of carbonyl (C=O) groups is 1. The summed E-state index contributed by atoms with van der Waals surface area (Å²) in [6.45, 7) is 0.101. The van der Waals surface area contributed by atoms with Gasteiger partial charge in [0.15, 0.2) is 0 Å². The summed E-state index contributed by atoms with van der Waals surface area (Å²) in [7, 11) is -3.56. The van der Waals surface area contributed by atoms with E-state index in [2.05, 4.69) is 9.71 Å². The molecule has 7 heteroatoms. The maximum Gasteiger partial charge on any atom is 0.303 e. The molecule has 1 aromatic heterocycles. The number of nitrogens with one attached hydrogen (secondary N) is 1. The van der Waals surface area contributed by atoms with E-state index in [-0.39, 0.29) is 24.3 Å². The van der Waals surface area contributed by atoms with Crippen LogP contribution in [0.5, 0.6) is 0 Å². The zero-order valence-corrected chi connectivity index (χ0v) is 9.27. The number of rotatable bonds is 6. The van der Waals surface area contributed by atoms with Crippen LogP contribution in [0.4, 0.5) is 0 Å². The molecule has 88 valence electrons. The van der Waals surface area contributed by atoms with Crippen molar-refractivity contribution in [3.8, 4) is 0 Å². The molecule has 1 rings (SSSR count). The van der Waals surface area contributed by atoms with Gasteiger partial charge in [0.25, 0.3) is 0 Å². The van der Waals surface area contributed by atoms with Crippen LogP contribution in [0.3, 0.4) is 0 Å². The highest BCUT2D eigenvalue weighted by Gasteiger charge is 2.12. The summed E-state index contributed by atoms with van der Waals surface area (Å²) in [6, 6.07) is 2.94. The predicted octanol–water partition coefficient (Wildman–Crippen LogP) is 0.225. The zero-order valence-electron chi connectivity index (χ0n) is 8.46. The molecule has 0 aliphatic heterocycles. The summed E-state index contributed by atoms with van der Waals surface area (Å²) in [5.74, 6) is -0.944. The van der Waals surface area contributed by atoms with Crippen molar-refractivity contribution in [3.63, 3.8) is 0 Å². The van der Waals surface area contributed by atoms with Crippen molar-refractivity contribution in [2.75, 3.05) is 6.54 Å². The number of aliphatic carboxylic acids is 1. The Morgan fingerprint density at radius 2 is 2.25 bits per heavy atom. The highest BCUT2D eigenvalue weighted by molar-refractivity contribution is 7.89. The molecule has 0 saturated carbocycles. The lowest BCUT2D eigenvalue weighted by molar-refractivity contribution is -0.137. The van der Waals surface area contributed by atoms with Crippen molar-refractivity contribution in [2.24, 2.45) is 0 Å². The standard InChI is InChI=1S/C9H12N2O4S/c12-9(13)4-2-6-11-16(14,15)8-3-1-5-10-7-8/h1,3,5,7,11H,2,4,6H2,(H,12,13). The molecule has 16 heavy (non-hydrogen) atoms. The molecule has 0 spiro atoms. The average Bonchev–Trinajstić information content (AvgIpc) is 2.26. The van der Waals surface area contributed by atoms with Crippen LogP contribution in [-0.2, 0) is 14.8 Å². The highest BCUT2D eigenvalue weighted by atomic mass is 32.2. The first-order valence-electron chi connectivity index (χ1n) is 4.64. The van der Waals surface area contributed by atoms with Crippen molar-refractivity contribution in [2.45, 2.75) is 17.7 Å². The van der Waals surface area contributed by atoms with E-state index in [4.69, 9.17) is 5.11 Å². The van der Waals surface area contributed by atoms with E-state index in [0.717, 1.165) is 0 Å².